The molecule has 3 heteroatoms. The molecule has 3 atom stereocenters. The molecular weight excluding hydrogens is 216 g/mol. The molecule has 0 saturated carbocycles. The molecule has 1 aromatic carbocycles. The second kappa shape index (κ2) is 4.49. The van der Waals surface area contributed by atoms with Crippen molar-refractivity contribution in [3.63, 3.8) is 0 Å². The molecule has 2 fully saturated rings. The van der Waals surface area contributed by atoms with Crippen LogP contribution in [0.5, 0.6) is 0 Å². The summed E-state index contributed by atoms with van der Waals surface area (Å²) < 4.78 is 11.0. The highest BCUT2D eigenvalue weighted by Crippen LogP contribution is 2.39. The molecule has 2 saturated heterocycles. The van der Waals surface area contributed by atoms with Gasteiger partial charge in [-0.2, -0.15) is 0 Å². The number of benzene rings is 1. The van der Waals surface area contributed by atoms with E-state index in [-0.39, 0.29) is 18.0 Å². The predicted octanol–water partition coefficient (Wildman–Crippen LogP) is 2.30. The minimum atomic E-state index is -0.0962. The molecule has 0 aromatic heterocycles. The Balaban J connectivity index is 1.54. The molecule has 0 N–H and O–H groups in total. The van der Waals surface area contributed by atoms with Crippen LogP contribution in [0.1, 0.15) is 24.8 Å². The largest absolute Gasteiger partial charge is 0.461 e. The Hall–Kier alpha value is -1.35. The predicted molar refractivity (Wildman–Crippen MR) is 62.2 cm³/mol. The van der Waals surface area contributed by atoms with Gasteiger partial charge in [0.1, 0.15) is 6.61 Å². The Morgan fingerprint density at radius 2 is 2.12 bits per heavy atom. The van der Waals surface area contributed by atoms with Crippen LogP contribution in [-0.4, -0.2) is 18.2 Å². The molecular formula is C14H16O3. The quantitative estimate of drug-likeness (QED) is 0.750. The molecule has 2 heterocycles. The van der Waals surface area contributed by atoms with E-state index in [4.69, 9.17) is 9.47 Å². The number of carbonyl (C=O) groups is 1. The number of rotatable bonds is 3. The summed E-state index contributed by atoms with van der Waals surface area (Å²) in [7, 11) is 0. The number of hydrogen-bond acceptors (Lipinski definition) is 3. The van der Waals surface area contributed by atoms with Gasteiger partial charge in [-0.1, -0.05) is 30.3 Å². The van der Waals surface area contributed by atoms with Gasteiger partial charge in [0.2, 0.25) is 0 Å². The van der Waals surface area contributed by atoms with Gasteiger partial charge < -0.3 is 9.47 Å². The molecule has 0 amide bonds. The minimum Gasteiger partial charge on any atom is -0.461 e. The zero-order chi connectivity index (χ0) is 11.7. The zero-order valence-corrected chi connectivity index (χ0v) is 9.67. The molecule has 17 heavy (non-hydrogen) atoms. The third kappa shape index (κ3) is 2.20. The molecule has 90 valence electrons. The summed E-state index contributed by atoms with van der Waals surface area (Å²) in [6.45, 7) is 0.369. The summed E-state index contributed by atoms with van der Waals surface area (Å²) in [5, 5.41) is 0. The molecule has 3 nitrogen and oxygen atoms in total. The molecule has 2 bridgehead atoms. The molecule has 0 spiro atoms. The van der Waals surface area contributed by atoms with Gasteiger partial charge in [-0.3, -0.25) is 4.79 Å². The molecule has 0 unspecified atom stereocenters. The van der Waals surface area contributed by atoms with Crippen molar-refractivity contribution in [3.8, 4) is 0 Å². The summed E-state index contributed by atoms with van der Waals surface area (Å²) in [5.41, 5.74) is 1.03. The Bertz CT molecular complexity index is 401. The van der Waals surface area contributed by atoms with E-state index in [1.54, 1.807) is 0 Å². The lowest BCUT2D eigenvalue weighted by atomic mass is 9.89. The highest BCUT2D eigenvalue weighted by molar-refractivity contribution is 5.73. The first-order valence-electron chi connectivity index (χ1n) is 6.19. The second-order valence-corrected chi connectivity index (χ2v) is 4.81. The highest BCUT2D eigenvalue weighted by atomic mass is 16.5. The van der Waals surface area contributed by atoms with Crippen LogP contribution in [0.4, 0.5) is 0 Å². The summed E-state index contributed by atoms with van der Waals surface area (Å²) in [6.07, 6.45) is 3.37. The van der Waals surface area contributed by atoms with Crippen LogP contribution in [0.25, 0.3) is 0 Å². The second-order valence-electron chi connectivity index (χ2n) is 4.81. The maximum atomic E-state index is 11.9. The van der Waals surface area contributed by atoms with Gasteiger partial charge in [-0.15, -0.1) is 0 Å². The van der Waals surface area contributed by atoms with Crippen molar-refractivity contribution in [1.29, 1.82) is 0 Å². The van der Waals surface area contributed by atoms with Gasteiger partial charge in [-0.05, 0) is 24.8 Å². The van der Waals surface area contributed by atoms with E-state index in [0.29, 0.717) is 12.7 Å². The standard InChI is InChI=1S/C14H16O3/c15-14(12-8-11-6-7-13(12)17-11)16-9-10-4-2-1-3-5-10/h1-5,11-13H,6-9H2/t11-,12-,13+/m0/s1. The van der Waals surface area contributed by atoms with Crippen molar-refractivity contribution in [3.05, 3.63) is 35.9 Å². The molecule has 0 radical (unpaired) electrons. The van der Waals surface area contributed by atoms with E-state index >= 15 is 0 Å². The van der Waals surface area contributed by atoms with E-state index < -0.39 is 0 Å². The first kappa shape index (κ1) is 10.8. The van der Waals surface area contributed by atoms with E-state index in [1.165, 1.54) is 0 Å². The summed E-state index contributed by atoms with van der Waals surface area (Å²) in [5.74, 6) is -0.126. The third-order valence-electron chi connectivity index (χ3n) is 3.63. The monoisotopic (exact) mass is 232 g/mol. The topological polar surface area (TPSA) is 35.5 Å². The van der Waals surface area contributed by atoms with Gasteiger partial charge in [0.15, 0.2) is 0 Å². The first-order valence-corrected chi connectivity index (χ1v) is 6.19. The van der Waals surface area contributed by atoms with Gasteiger partial charge in [-0.25, -0.2) is 0 Å². The number of hydrogen-bond donors (Lipinski definition) is 0. The summed E-state index contributed by atoms with van der Waals surface area (Å²) in [4.78, 5) is 11.9. The Morgan fingerprint density at radius 1 is 1.29 bits per heavy atom. The number of fused-ring (bicyclic) bond motifs is 2. The maximum Gasteiger partial charge on any atom is 0.312 e. The lowest BCUT2D eigenvalue weighted by Gasteiger charge is -2.17. The first-order chi connectivity index (χ1) is 8.33. The Labute approximate surface area is 101 Å². The fraction of sp³-hybridized carbons (Fsp3) is 0.500. The zero-order valence-electron chi connectivity index (χ0n) is 9.67. The smallest absolute Gasteiger partial charge is 0.312 e. The van der Waals surface area contributed by atoms with Gasteiger partial charge in [0, 0.05) is 0 Å². The van der Waals surface area contributed by atoms with Crippen molar-refractivity contribution < 1.29 is 14.3 Å². The lowest BCUT2D eigenvalue weighted by molar-refractivity contribution is -0.151. The fourth-order valence-electron chi connectivity index (χ4n) is 2.72. The average molecular weight is 232 g/mol. The number of carbonyl (C=O) groups excluding carboxylic acids is 1. The van der Waals surface area contributed by atoms with Gasteiger partial charge in [0.25, 0.3) is 0 Å². The SMILES string of the molecule is O=C(OCc1ccccc1)[C@H]1C[C@@H]2CC[C@H]1O2. The van der Waals surface area contributed by atoms with Crippen LogP contribution in [0, 0.1) is 5.92 Å². The number of esters is 1. The number of ether oxygens (including phenoxy) is 2. The van der Waals surface area contributed by atoms with Crippen LogP contribution in [-0.2, 0) is 20.9 Å². The third-order valence-corrected chi connectivity index (χ3v) is 3.63. The maximum absolute atomic E-state index is 11.9. The summed E-state index contributed by atoms with van der Waals surface area (Å²) >= 11 is 0. The fourth-order valence-corrected chi connectivity index (χ4v) is 2.72. The van der Waals surface area contributed by atoms with Crippen molar-refractivity contribution in [2.75, 3.05) is 0 Å². The van der Waals surface area contributed by atoms with Gasteiger partial charge >= 0.3 is 5.97 Å². The molecule has 2 aliphatic heterocycles. The average Bonchev–Trinajstić information content (AvgIpc) is 2.99. The van der Waals surface area contributed by atoms with Crippen LogP contribution in [0.3, 0.4) is 0 Å². The highest BCUT2D eigenvalue weighted by Gasteiger charge is 2.45. The van der Waals surface area contributed by atoms with Crippen LogP contribution < -0.4 is 0 Å². The van der Waals surface area contributed by atoms with Crippen LogP contribution in [0.15, 0.2) is 30.3 Å². The lowest BCUT2D eigenvalue weighted by Crippen LogP contribution is -2.27. The summed E-state index contributed by atoms with van der Waals surface area (Å²) in [6, 6.07) is 9.78. The van der Waals surface area contributed by atoms with E-state index in [9.17, 15) is 4.79 Å². The Kier molecular flexibility index (Phi) is 2.85. The molecule has 1 aromatic rings. The molecule has 3 rings (SSSR count). The van der Waals surface area contributed by atoms with Gasteiger partial charge in [0.05, 0.1) is 18.1 Å². The van der Waals surface area contributed by atoms with E-state index in [2.05, 4.69) is 0 Å². The minimum absolute atomic E-state index is 0.0301. The Morgan fingerprint density at radius 3 is 2.76 bits per heavy atom. The van der Waals surface area contributed by atoms with Crippen LogP contribution in [0.2, 0.25) is 0 Å². The molecule has 2 aliphatic rings. The van der Waals surface area contributed by atoms with E-state index in [1.807, 2.05) is 30.3 Å². The normalized spacial score (nSPS) is 30.5. The van der Waals surface area contributed by atoms with Crippen molar-refractivity contribution in [2.24, 2.45) is 5.92 Å². The van der Waals surface area contributed by atoms with Crippen molar-refractivity contribution in [1.82, 2.24) is 0 Å². The van der Waals surface area contributed by atoms with Crippen LogP contribution >= 0.6 is 0 Å². The van der Waals surface area contributed by atoms with Crippen molar-refractivity contribution in [2.45, 2.75) is 38.1 Å². The van der Waals surface area contributed by atoms with E-state index in [0.717, 1.165) is 24.8 Å². The van der Waals surface area contributed by atoms with Crippen molar-refractivity contribution >= 4 is 5.97 Å². The molecule has 0 aliphatic carbocycles.